The van der Waals surface area contributed by atoms with Gasteiger partial charge in [0.1, 0.15) is 6.61 Å². The molecule has 5 nitrogen and oxygen atoms in total. The predicted octanol–water partition coefficient (Wildman–Crippen LogP) is 0.973. The molecule has 0 unspecified atom stereocenters. The minimum absolute atomic E-state index is 0.0106. The molecule has 0 aliphatic carbocycles. The lowest BCUT2D eigenvalue weighted by molar-refractivity contribution is 0.212. The Balaban J connectivity index is 2.42. The van der Waals surface area contributed by atoms with E-state index >= 15 is 0 Å². The summed E-state index contributed by atoms with van der Waals surface area (Å²) in [6.45, 7) is 2.72. The van der Waals surface area contributed by atoms with Crippen molar-refractivity contribution in [1.29, 1.82) is 0 Å². The molecule has 0 radical (unpaired) electrons. The third kappa shape index (κ3) is 4.08. The Morgan fingerprint density at radius 3 is 2.36 bits per heavy atom. The number of ether oxygens (including phenoxy) is 1. The van der Waals surface area contributed by atoms with Gasteiger partial charge in [-0.25, -0.2) is 0 Å². The van der Waals surface area contributed by atoms with E-state index in [9.17, 15) is 0 Å². The Bertz CT molecular complexity index is 282. The molecule has 0 fully saturated rings. The summed E-state index contributed by atoms with van der Waals surface area (Å²) in [4.78, 5) is 11.0. The van der Waals surface area contributed by atoms with Crippen LogP contribution in [0.5, 0.6) is 6.01 Å². The van der Waals surface area contributed by atoms with E-state index in [0.717, 1.165) is 0 Å². The molecule has 1 rings (SSSR count). The highest BCUT2D eigenvalue weighted by Gasteiger charge is 2.03. The van der Waals surface area contributed by atoms with Gasteiger partial charge in [-0.05, 0) is 23.2 Å². The molecule has 0 atom stereocenters. The van der Waals surface area contributed by atoms with Crippen molar-refractivity contribution in [2.45, 2.75) is 6.82 Å². The zero-order valence-electron chi connectivity index (χ0n) is 7.54. The Hall–Kier alpha value is -0.585. The van der Waals surface area contributed by atoms with E-state index < -0.39 is 0 Å². The zero-order valence-corrected chi connectivity index (χ0v) is 9.05. The lowest BCUT2D eigenvalue weighted by Crippen LogP contribution is -2.09. The first kappa shape index (κ1) is 11.5. The Labute approximate surface area is 92.0 Å². The maximum absolute atomic E-state index is 5.53. The van der Waals surface area contributed by atoms with Crippen molar-refractivity contribution in [3.05, 3.63) is 10.6 Å². The van der Waals surface area contributed by atoms with Crippen LogP contribution in [0.1, 0.15) is 0 Å². The number of aromatic nitrogens is 3. The Kier molecular flexibility index (Phi) is 4.93. The molecule has 1 aromatic rings. The summed E-state index contributed by atoms with van der Waals surface area (Å²) < 4.78 is 10.2. The van der Waals surface area contributed by atoms with Gasteiger partial charge in [-0.3, -0.25) is 0 Å². The van der Waals surface area contributed by atoms with Crippen molar-refractivity contribution in [2.24, 2.45) is 0 Å². The molecule has 0 bridgehead atoms. The molecular formula is C6H8BCl2N3O2. The molecule has 8 heteroatoms. The van der Waals surface area contributed by atoms with Gasteiger partial charge in [0, 0.05) is 0 Å². The number of nitrogens with zero attached hydrogens (tertiary/aromatic N) is 3. The number of hydrogen-bond donors (Lipinski definition) is 0. The molecule has 1 heterocycles. The Morgan fingerprint density at radius 2 is 1.79 bits per heavy atom. The molecule has 1 aromatic heterocycles. The maximum Gasteiger partial charge on any atom is 0.322 e. The van der Waals surface area contributed by atoms with Crippen molar-refractivity contribution < 1.29 is 9.39 Å². The summed E-state index contributed by atoms with van der Waals surface area (Å²) in [5, 5.41) is 0.0211. The topological polar surface area (TPSA) is 57.1 Å². The molecule has 14 heavy (non-hydrogen) atoms. The number of halogens is 2. The van der Waals surface area contributed by atoms with Gasteiger partial charge < -0.3 is 9.39 Å². The largest absolute Gasteiger partial charge is 0.461 e. The van der Waals surface area contributed by atoms with Gasteiger partial charge in [0.05, 0.1) is 6.61 Å². The monoisotopic (exact) mass is 235 g/mol. The van der Waals surface area contributed by atoms with Crippen LogP contribution in [-0.2, 0) is 4.65 Å². The van der Waals surface area contributed by atoms with Crippen LogP contribution in [0.4, 0.5) is 0 Å². The van der Waals surface area contributed by atoms with Gasteiger partial charge >= 0.3 is 6.01 Å². The van der Waals surface area contributed by atoms with Crippen LogP contribution >= 0.6 is 23.2 Å². The van der Waals surface area contributed by atoms with E-state index in [1.165, 1.54) is 0 Å². The van der Waals surface area contributed by atoms with E-state index in [2.05, 4.69) is 15.0 Å². The second-order valence-corrected chi connectivity index (χ2v) is 2.88. The van der Waals surface area contributed by atoms with Crippen molar-refractivity contribution in [2.75, 3.05) is 13.2 Å². The summed E-state index contributed by atoms with van der Waals surface area (Å²) in [6.07, 6.45) is 0. The van der Waals surface area contributed by atoms with Gasteiger partial charge in [-0.2, -0.15) is 15.0 Å². The normalized spacial score (nSPS) is 9.93. The summed E-state index contributed by atoms with van der Waals surface area (Å²) in [5.74, 6) is 0. The third-order valence-electron chi connectivity index (χ3n) is 1.22. The lowest BCUT2D eigenvalue weighted by atomic mass is 10.1. The molecule has 76 valence electrons. The molecule has 0 saturated heterocycles. The average Bonchev–Trinajstić information content (AvgIpc) is 2.11. The first-order valence-corrected chi connectivity index (χ1v) is 4.75. The number of rotatable bonds is 5. The van der Waals surface area contributed by atoms with Gasteiger partial charge in [0.25, 0.3) is 7.48 Å². The quantitative estimate of drug-likeness (QED) is 0.563. The summed E-state index contributed by atoms with van der Waals surface area (Å²) >= 11 is 11.1. The standard InChI is InChI=1S/C6H8BCl2N3O2/c1-7-14-3-2-13-6-11-4(8)10-5(9)12-6/h7H,2-3H2,1H3. The van der Waals surface area contributed by atoms with Gasteiger partial charge in [-0.15, -0.1) is 0 Å². The summed E-state index contributed by atoms with van der Waals surface area (Å²) in [5.41, 5.74) is 0. The lowest BCUT2D eigenvalue weighted by Gasteiger charge is -2.03. The van der Waals surface area contributed by atoms with Crippen LogP contribution in [-0.4, -0.2) is 35.6 Å². The first-order valence-electron chi connectivity index (χ1n) is 4.00. The summed E-state index contributed by atoms with van der Waals surface area (Å²) in [6, 6.07) is 0.106. The number of hydrogen-bond acceptors (Lipinski definition) is 5. The third-order valence-corrected chi connectivity index (χ3v) is 1.56. The fourth-order valence-corrected chi connectivity index (χ4v) is 1.06. The highest BCUT2D eigenvalue weighted by atomic mass is 35.5. The van der Waals surface area contributed by atoms with Crippen molar-refractivity contribution >= 4 is 30.7 Å². The first-order chi connectivity index (χ1) is 6.72. The fourth-order valence-electron chi connectivity index (χ4n) is 0.710. The fraction of sp³-hybridized carbons (Fsp3) is 0.500. The minimum Gasteiger partial charge on any atom is -0.461 e. The molecule has 0 aromatic carbocycles. The van der Waals surface area contributed by atoms with Crippen LogP contribution in [0.2, 0.25) is 17.4 Å². The predicted molar refractivity (Wildman–Crippen MR) is 54.3 cm³/mol. The van der Waals surface area contributed by atoms with Gasteiger partial charge in [0.2, 0.25) is 10.6 Å². The maximum atomic E-state index is 5.53. The van der Waals surface area contributed by atoms with E-state index in [0.29, 0.717) is 20.7 Å². The molecule has 0 aliphatic rings. The molecule has 0 aliphatic heterocycles. The average molecular weight is 236 g/mol. The van der Waals surface area contributed by atoms with E-state index in [-0.39, 0.29) is 16.6 Å². The summed E-state index contributed by atoms with van der Waals surface area (Å²) in [7, 11) is 0.641. The van der Waals surface area contributed by atoms with Crippen molar-refractivity contribution in [3.8, 4) is 6.01 Å². The Morgan fingerprint density at radius 1 is 1.14 bits per heavy atom. The second-order valence-electron chi connectivity index (χ2n) is 2.20. The van der Waals surface area contributed by atoms with Gasteiger partial charge in [0.15, 0.2) is 0 Å². The highest BCUT2D eigenvalue weighted by Crippen LogP contribution is 2.10. The zero-order chi connectivity index (χ0) is 10.4. The molecule has 0 N–H and O–H groups in total. The van der Waals surface area contributed by atoms with Crippen molar-refractivity contribution in [1.82, 2.24) is 15.0 Å². The van der Waals surface area contributed by atoms with Gasteiger partial charge in [-0.1, -0.05) is 6.82 Å². The smallest absolute Gasteiger partial charge is 0.322 e. The molecular weight excluding hydrogens is 228 g/mol. The molecule has 0 saturated carbocycles. The molecule has 0 amide bonds. The van der Waals surface area contributed by atoms with Crippen LogP contribution in [0, 0.1) is 0 Å². The van der Waals surface area contributed by atoms with Crippen LogP contribution in [0.3, 0.4) is 0 Å². The van der Waals surface area contributed by atoms with E-state index in [4.69, 9.17) is 32.6 Å². The second kappa shape index (κ2) is 6.00. The van der Waals surface area contributed by atoms with E-state index in [1.807, 2.05) is 6.82 Å². The van der Waals surface area contributed by atoms with Crippen LogP contribution < -0.4 is 4.74 Å². The van der Waals surface area contributed by atoms with Crippen molar-refractivity contribution in [3.63, 3.8) is 0 Å². The minimum atomic E-state index is 0.0106. The molecule has 0 spiro atoms. The van der Waals surface area contributed by atoms with E-state index in [1.54, 1.807) is 0 Å². The van der Waals surface area contributed by atoms with Crippen LogP contribution in [0.15, 0.2) is 0 Å². The van der Waals surface area contributed by atoms with Crippen LogP contribution in [0.25, 0.3) is 0 Å². The SMILES string of the molecule is CBOCCOc1nc(Cl)nc(Cl)n1. The highest BCUT2D eigenvalue weighted by molar-refractivity contribution is 6.31.